The maximum absolute atomic E-state index is 6.27. The van der Waals surface area contributed by atoms with Crippen LogP contribution in [0, 0.1) is 6.92 Å². The Morgan fingerprint density at radius 1 is 1.29 bits per heavy atom. The molecule has 0 atom stereocenters. The molecule has 1 heterocycles. The van der Waals surface area contributed by atoms with Crippen molar-refractivity contribution in [2.75, 3.05) is 0 Å². The van der Waals surface area contributed by atoms with Crippen LogP contribution in [0.5, 0.6) is 0 Å². The largest absolute Gasteiger partial charge is 0.346 e. The van der Waals surface area contributed by atoms with Crippen molar-refractivity contribution in [1.29, 1.82) is 0 Å². The molecular formula is C15H22N2. The molecule has 0 aliphatic rings. The fourth-order valence-corrected chi connectivity index (χ4v) is 2.81. The van der Waals surface area contributed by atoms with Crippen molar-refractivity contribution in [3.8, 4) is 0 Å². The number of aryl methyl sites for hydroxylation is 3. The Hall–Kier alpha value is -1.28. The van der Waals surface area contributed by atoms with E-state index >= 15 is 0 Å². The predicted octanol–water partition coefficient (Wildman–Crippen LogP) is 3.24. The van der Waals surface area contributed by atoms with Crippen LogP contribution in [0.1, 0.15) is 37.6 Å². The van der Waals surface area contributed by atoms with Crippen molar-refractivity contribution in [3.05, 3.63) is 35.0 Å². The zero-order chi connectivity index (χ0) is 12.8. The highest BCUT2D eigenvalue weighted by atomic mass is 15.0. The van der Waals surface area contributed by atoms with E-state index in [2.05, 4.69) is 57.5 Å². The number of rotatable bonds is 2. The molecule has 2 rings (SSSR count). The second kappa shape index (κ2) is 3.88. The summed E-state index contributed by atoms with van der Waals surface area (Å²) in [6, 6.07) is 6.70. The molecule has 0 unspecified atom stereocenters. The van der Waals surface area contributed by atoms with Crippen LogP contribution in [0.4, 0.5) is 0 Å². The Balaban J connectivity index is 2.81. The molecule has 2 nitrogen and oxygen atoms in total. The van der Waals surface area contributed by atoms with Gasteiger partial charge in [-0.2, -0.15) is 0 Å². The third kappa shape index (κ3) is 1.87. The smallest absolute Gasteiger partial charge is 0.0509 e. The van der Waals surface area contributed by atoms with Crippen LogP contribution in [0.2, 0.25) is 0 Å². The molecule has 1 aromatic heterocycles. The molecule has 0 radical (unpaired) electrons. The first-order valence-corrected chi connectivity index (χ1v) is 6.23. The van der Waals surface area contributed by atoms with E-state index in [1.807, 2.05) is 0 Å². The maximum Gasteiger partial charge on any atom is 0.0509 e. The standard InChI is InChI=1S/C15H22N2/c1-6-11-7-8-13-12(9-11)10(2)14(17(13)5)15(3,4)16/h7-9H,6,16H2,1-5H3. The minimum Gasteiger partial charge on any atom is -0.346 e. The fraction of sp³-hybridized carbons (Fsp3) is 0.467. The van der Waals surface area contributed by atoms with E-state index in [4.69, 9.17) is 5.73 Å². The van der Waals surface area contributed by atoms with E-state index in [0.717, 1.165) is 6.42 Å². The Kier molecular flexibility index (Phi) is 2.78. The van der Waals surface area contributed by atoms with Gasteiger partial charge in [0.15, 0.2) is 0 Å². The number of nitrogens with two attached hydrogens (primary N) is 1. The van der Waals surface area contributed by atoms with Crippen molar-refractivity contribution in [2.45, 2.75) is 39.7 Å². The summed E-state index contributed by atoms with van der Waals surface area (Å²) < 4.78 is 2.23. The van der Waals surface area contributed by atoms with E-state index in [1.165, 1.54) is 27.7 Å². The summed E-state index contributed by atoms with van der Waals surface area (Å²) in [7, 11) is 2.10. The number of hydrogen-bond acceptors (Lipinski definition) is 1. The van der Waals surface area contributed by atoms with Gasteiger partial charge in [-0.15, -0.1) is 0 Å². The summed E-state index contributed by atoms with van der Waals surface area (Å²) in [5.74, 6) is 0. The number of benzene rings is 1. The van der Waals surface area contributed by atoms with Crippen molar-refractivity contribution in [3.63, 3.8) is 0 Å². The highest BCUT2D eigenvalue weighted by Crippen LogP contribution is 2.31. The van der Waals surface area contributed by atoms with Crippen LogP contribution in [-0.4, -0.2) is 4.57 Å². The third-order valence-electron chi connectivity index (χ3n) is 3.54. The highest BCUT2D eigenvalue weighted by molar-refractivity contribution is 5.86. The number of hydrogen-bond donors (Lipinski definition) is 1. The molecule has 0 saturated carbocycles. The van der Waals surface area contributed by atoms with E-state index < -0.39 is 0 Å². The lowest BCUT2D eigenvalue weighted by atomic mass is 9.97. The molecule has 0 bridgehead atoms. The van der Waals surface area contributed by atoms with Gasteiger partial charge in [0, 0.05) is 23.6 Å². The second-order valence-electron chi connectivity index (χ2n) is 5.46. The highest BCUT2D eigenvalue weighted by Gasteiger charge is 2.23. The first kappa shape index (κ1) is 12.2. The third-order valence-corrected chi connectivity index (χ3v) is 3.54. The quantitative estimate of drug-likeness (QED) is 0.843. The fourth-order valence-electron chi connectivity index (χ4n) is 2.81. The predicted molar refractivity (Wildman–Crippen MR) is 74.2 cm³/mol. The Bertz CT molecular complexity index is 556. The van der Waals surface area contributed by atoms with Gasteiger partial charge in [-0.3, -0.25) is 0 Å². The molecule has 0 aliphatic carbocycles. The van der Waals surface area contributed by atoms with E-state index in [9.17, 15) is 0 Å². The summed E-state index contributed by atoms with van der Waals surface area (Å²) in [5.41, 5.74) is 11.2. The lowest BCUT2D eigenvalue weighted by Crippen LogP contribution is -2.31. The van der Waals surface area contributed by atoms with E-state index in [0.29, 0.717) is 0 Å². The normalized spacial score (nSPS) is 12.4. The summed E-state index contributed by atoms with van der Waals surface area (Å²) >= 11 is 0. The van der Waals surface area contributed by atoms with Gasteiger partial charge in [-0.05, 0) is 50.5 Å². The number of aromatic nitrogens is 1. The topological polar surface area (TPSA) is 30.9 Å². The molecule has 0 amide bonds. The van der Waals surface area contributed by atoms with Crippen LogP contribution in [0.3, 0.4) is 0 Å². The van der Waals surface area contributed by atoms with Gasteiger partial charge >= 0.3 is 0 Å². The molecular weight excluding hydrogens is 208 g/mol. The van der Waals surface area contributed by atoms with Crippen molar-refractivity contribution < 1.29 is 0 Å². The minimum atomic E-state index is -0.301. The van der Waals surface area contributed by atoms with Crippen molar-refractivity contribution >= 4 is 10.9 Å². The lowest BCUT2D eigenvalue weighted by molar-refractivity contribution is 0.513. The minimum absolute atomic E-state index is 0.301. The van der Waals surface area contributed by atoms with Crippen LogP contribution in [-0.2, 0) is 19.0 Å². The Morgan fingerprint density at radius 3 is 2.47 bits per heavy atom. The Morgan fingerprint density at radius 2 is 1.94 bits per heavy atom. The first-order chi connectivity index (χ1) is 7.86. The average molecular weight is 230 g/mol. The van der Waals surface area contributed by atoms with Gasteiger partial charge in [0.2, 0.25) is 0 Å². The van der Waals surface area contributed by atoms with E-state index in [1.54, 1.807) is 0 Å². The molecule has 0 spiro atoms. The summed E-state index contributed by atoms with van der Waals surface area (Å²) in [4.78, 5) is 0. The number of fused-ring (bicyclic) bond motifs is 1. The summed E-state index contributed by atoms with van der Waals surface area (Å²) in [6.07, 6.45) is 1.08. The molecule has 0 fully saturated rings. The van der Waals surface area contributed by atoms with Gasteiger partial charge in [0.05, 0.1) is 5.54 Å². The van der Waals surface area contributed by atoms with E-state index in [-0.39, 0.29) is 5.54 Å². The summed E-state index contributed by atoms with van der Waals surface area (Å²) in [5, 5.41) is 1.33. The van der Waals surface area contributed by atoms with Gasteiger partial charge in [0.25, 0.3) is 0 Å². The number of nitrogens with zero attached hydrogens (tertiary/aromatic N) is 1. The van der Waals surface area contributed by atoms with Crippen molar-refractivity contribution in [1.82, 2.24) is 4.57 Å². The second-order valence-corrected chi connectivity index (χ2v) is 5.46. The molecule has 2 aromatic rings. The molecule has 0 saturated heterocycles. The molecule has 0 aliphatic heterocycles. The zero-order valence-corrected chi connectivity index (χ0v) is 11.5. The van der Waals surface area contributed by atoms with Crippen LogP contribution in [0.25, 0.3) is 10.9 Å². The first-order valence-electron chi connectivity index (χ1n) is 6.23. The zero-order valence-electron chi connectivity index (χ0n) is 11.5. The lowest BCUT2D eigenvalue weighted by Gasteiger charge is -2.21. The molecule has 1 aromatic carbocycles. The van der Waals surface area contributed by atoms with Crippen LogP contribution < -0.4 is 5.73 Å². The molecule has 92 valence electrons. The summed E-state index contributed by atoms with van der Waals surface area (Å²) in [6.45, 7) is 8.49. The SMILES string of the molecule is CCc1ccc2c(c1)c(C)c(C(C)(C)N)n2C. The average Bonchev–Trinajstić information content (AvgIpc) is 2.50. The molecule has 2 heteroatoms. The maximum atomic E-state index is 6.27. The Labute approximate surface area is 103 Å². The van der Waals surface area contributed by atoms with Gasteiger partial charge in [-0.25, -0.2) is 0 Å². The van der Waals surface area contributed by atoms with Gasteiger partial charge in [-0.1, -0.05) is 13.0 Å². The van der Waals surface area contributed by atoms with Gasteiger partial charge in [0.1, 0.15) is 0 Å². The van der Waals surface area contributed by atoms with Crippen molar-refractivity contribution in [2.24, 2.45) is 12.8 Å². The van der Waals surface area contributed by atoms with Crippen LogP contribution >= 0.6 is 0 Å². The molecule has 17 heavy (non-hydrogen) atoms. The van der Waals surface area contributed by atoms with Gasteiger partial charge < -0.3 is 10.3 Å². The van der Waals surface area contributed by atoms with Crippen LogP contribution in [0.15, 0.2) is 18.2 Å². The monoisotopic (exact) mass is 230 g/mol. The molecule has 2 N–H and O–H groups in total.